The molecule has 0 aliphatic carbocycles. The molecule has 3 nitrogen and oxygen atoms in total. The summed E-state index contributed by atoms with van der Waals surface area (Å²) in [4.78, 5) is 6.44. The lowest BCUT2D eigenvalue weighted by molar-refractivity contribution is 0.241. The second-order valence-electron chi connectivity index (χ2n) is 5.37. The third-order valence-electron chi connectivity index (χ3n) is 3.83. The van der Waals surface area contributed by atoms with E-state index in [9.17, 15) is 0 Å². The van der Waals surface area contributed by atoms with Crippen molar-refractivity contribution in [2.45, 2.75) is 26.4 Å². The van der Waals surface area contributed by atoms with Crippen LogP contribution in [0.15, 0.2) is 42.7 Å². The van der Waals surface area contributed by atoms with Crippen LogP contribution in [0.2, 0.25) is 0 Å². The molecule has 0 saturated carbocycles. The Labute approximate surface area is 121 Å². The molecule has 1 aromatic heterocycles. The predicted molar refractivity (Wildman–Crippen MR) is 83.4 cm³/mol. The molecular weight excluding hydrogens is 246 g/mol. The van der Waals surface area contributed by atoms with E-state index in [2.05, 4.69) is 55.0 Å². The molecule has 0 radical (unpaired) electrons. The summed E-state index contributed by atoms with van der Waals surface area (Å²) in [5.41, 5.74) is 11.1. The molecule has 2 N–H and O–H groups in total. The molecule has 1 atom stereocenters. The van der Waals surface area contributed by atoms with Gasteiger partial charge in [-0.05, 0) is 49.2 Å². The smallest absolute Gasteiger partial charge is 0.0471 e. The van der Waals surface area contributed by atoms with Crippen molar-refractivity contribution < 1.29 is 0 Å². The van der Waals surface area contributed by atoms with Gasteiger partial charge in [0.1, 0.15) is 0 Å². The minimum Gasteiger partial charge on any atom is -0.329 e. The molecule has 20 heavy (non-hydrogen) atoms. The number of pyridine rings is 1. The number of nitrogens with two attached hydrogens (primary N) is 1. The number of rotatable bonds is 5. The number of hydrogen-bond acceptors (Lipinski definition) is 3. The van der Waals surface area contributed by atoms with Crippen molar-refractivity contribution in [1.82, 2.24) is 9.88 Å². The van der Waals surface area contributed by atoms with Crippen LogP contribution in [-0.4, -0.2) is 23.5 Å². The summed E-state index contributed by atoms with van der Waals surface area (Å²) in [5.74, 6) is 0. The standard InChI is InChI=1S/C17H23N3/c1-13-6-7-16(9-14(13)2)17(10-18)20(3)12-15-5-4-8-19-11-15/h4-9,11,17H,10,12,18H2,1-3H3. The van der Waals surface area contributed by atoms with E-state index < -0.39 is 0 Å². The molecule has 0 aliphatic rings. The first-order valence-corrected chi connectivity index (χ1v) is 6.98. The lowest BCUT2D eigenvalue weighted by Gasteiger charge is -2.27. The van der Waals surface area contributed by atoms with Crippen LogP contribution in [0.1, 0.15) is 28.3 Å². The van der Waals surface area contributed by atoms with Gasteiger partial charge in [0.05, 0.1) is 0 Å². The monoisotopic (exact) mass is 269 g/mol. The number of nitrogens with zero attached hydrogens (tertiary/aromatic N) is 2. The first kappa shape index (κ1) is 14.7. The third kappa shape index (κ3) is 3.44. The average molecular weight is 269 g/mol. The summed E-state index contributed by atoms with van der Waals surface area (Å²) in [6.07, 6.45) is 3.71. The maximum atomic E-state index is 5.99. The van der Waals surface area contributed by atoms with E-state index in [1.165, 1.54) is 22.3 Å². The van der Waals surface area contributed by atoms with Crippen LogP contribution in [0.3, 0.4) is 0 Å². The number of hydrogen-bond donors (Lipinski definition) is 1. The van der Waals surface area contributed by atoms with Gasteiger partial charge in [-0.1, -0.05) is 24.3 Å². The van der Waals surface area contributed by atoms with Crippen LogP contribution in [0.4, 0.5) is 0 Å². The van der Waals surface area contributed by atoms with E-state index in [-0.39, 0.29) is 6.04 Å². The molecule has 106 valence electrons. The van der Waals surface area contributed by atoms with Gasteiger partial charge >= 0.3 is 0 Å². The highest BCUT2D eigenvalue weighted by atomic mass is 15.1. The van der Waals surface area contributed by atoms with Crippen LogP contribution in [0, 0.1) is 13.8 Å². The molecule has 0 aliphatic heterocycles. The zero-order chi connectivity index (χ0) is 14.5. The van der Waals surface area contributed by atoms with Crippen molar-refractivity contribution in [3.05, 3.63) is 65.0 Å². The Hall–Kier alpha value is -1.71. The number of aryl methyl sites for hydroxylation is 2. The Kier molecular flexibility index (Phi) is 4.88. The molecule has 1 aromatic carbocycles. The molecule has 3 heteroatoms. The molecular formula is C17H23N3. The molecule has 0 saturated heterocycles. The average Bonchev–Trinajstić information content (AvgIpc) is 2.44. The molecule has 2 aromatic rings. The summed E-state index contributed by atoms with van der Waals surface area (Å²) in [6.45, 7) is 5.74. The summed E-state index contributed by atoms with van der Waals surface area (Å²) in [7, 11) is 2.11. The van der Waals surface area contributed by atoms with Gasteiger partial charge in [0, 0.05) is 31.5 Å². The highest BCUT2D eigenvalue weighted by Crippen LogP contribution is 2.22. The number of likely N-dealkylation sites (N-methyl/N-ethyl adjacent to an activating group) is 1. The molecule has 1 heterocycles. The van der Waals surface area contributed by atoms with Crippen molar-refractivity contribution in [3.63, 3.8) is 0 Å². The lowest BCUT2D eigenvalue weighted by atomic mass is 10.00. The third-order valence-corrected chi connectivity index (χ3v) is 3.83. The van der Waals surface area contributed by atoms with Gasteiger partial charge in [0.25, 0.3) is 0 Å². The first-order valence-electron chi connectivity index (χ1n) is 6.98. The van der Waals surface area contributed by atoms with Gasteiger partial charge in [0.15, 0.2) is 0 Å². The van der Waals surface area contributed by atoms with E-state index in [0.717, 1.165) is 6.54 Å². The fourth-order valence-electron chi connectivity index (χ4n) is 2.43. The second-order valence-corrected chi connectivity index (χ2v) is 5.37. The van der Waals surface area contributed by atoms with Crippen molar-refractivity contribution in [2.24, 2.45) is 5.73 Å². The summed E-state index contributed by atoms with van der Waals surface area (Å²) >= 11 is 0. The maximum absolute atomic E-state index is 5.99. The van der Waals surface area contributed by atoms with E-state index in [1.807, 2.05) is 12.3 Å². The van der Waals surface area contributed by atoms with Crippen molar-refractivity contribution >= 4 is 0 Å². The molecule has 0 amide bonds. The molecule has 2 rings (SSSR count). The Morgan fingerprint density at radius 3 is 2.60 bits per heavy atom. The quantitative estimate of drug-likeness (QED) is 0.907. The summed E-state index contributed by atoms with van der Waals surface area (Å²) in [6, 6.07) is 10.9. The maximum Gasteiger partial charge on any atom is 0.0471 e. The molecule has 1 unspecified atom stereocenters. The van der Waals surface area contributed by atoms with Crippen LogP contribution >= 0.6 is 0 Å². The Morgan fingerprint density at radius 1 is 1.20 bits per heavy atom. The molecule has 0 spiro atoms. The summed E-state index contributed by atoms with van der Waals surface area (Å²) < 4.78 is 0. The van der Waals surface area contributed by atoms with Gasteiger partial charge in [0.2, 0.25) is 0 Å². The number of aromatic nitrogens is 1. The second kappa shape index (κ2) is 6.64. The fourth-order valence-corrected chi connectivity index (χ4v) is 2.43. The minimum atomic E-state index is 0.231. The van der Waals surface area contributed by atoms with Gasteiger partial charge in [-0.2, -0.15) is 0 Å². The largest absolute Gasteiger partial charge is 0.329 e. The van der Waals surface area contributed by atoms with Gasteiger partial charge in [-0.3, -0.25) is 9.88 Å². The predicted octanol–water partition coefficient (Wildman–Crippen LogP) is 2.83. The lowest BCUT2D eigenvalue weighted by Crippen LogP contribution is -2.30. The Balaban J connectivity index is 2.16. The topological polar surface area (TPSA) is 42.1 Å². The molecule has 0 bridgehead atoms. The zero-order valence-corrected chi connectivity index (χ0v) is 12.5. The van der Waals surface area contributed by atoms with E-state index >= 15 is 0 Å². The highest BCUT2D eigenvalue weighted by Gasteiger charge is 2.16. The normalized spacial score (nSPS) is 12.7. The highest BCUT2D eigenvalue weighted by molar-refractivity contribution is 5.32. The van der Waals surface area contributed by atoms with Gasteiger partial charge in [-0.15, -0.1) is 0 Å². The minimum absolute atomic E-state index is 0.231. The van der Waals surface area contributed by atoms with Gasteiger partial charge in [-0.25, -0.2) is 0 Å². The van der Waals surface area contributed by atoms with Crippen LogP contribution < -0.4 is 5.73 Å². The first-order chi connectivity index (χ1) is 9.61. The van der Waals surface area contributed by atoms with E-state index in [4.69, 9.17) is 5.73 Å². The Bertz CT molecular complexity index is 551. The number of benzene rings is 1. The van der Waals surface area contributed by atoms with Crippen LogP contribution in [0.5, 0.6) is 0 Å². The summed E-state index contributed by atoms with van der Waals surface area (Å²) in [5, 5.41) is 0. The molecule has 0 fully saturated rings. The van der Waals surface area contributed by atoms with Crippen LogP contribution in [0.25, 0.3) is 0 Å². The Morgan fingerprint density at radius 2 is 2.00 bits per heavy atom. The van der Waals surface area contributed by atoms with E-state index in [1.54, 1.807) is 6.20 Å². The fraction of sp³-hybridized carbons (Fsp3) is 0.353. The van der Waals surface area contributed by atoms with E-state index in [0.29, 0.717) is 6.54 Å². The zero-order valence-electron chi connectivity index (χ0n) is 12.5. The van der Waals surface area contributed by atoms with Gasteiger partial charge < -0.3 is 5.73 Å². The van der Waals surface area contributed by atoms with Crippen LogP contribution in [-0.2, 0) is 6.54 Å². The van der Waals surface area contributed by atoms with Crippen molar-refractivity contribution in [2.75, 3.05) is 13.6 Å². The SMILES string of the molecule is Cc1ccc(C(CN)N(C)Cc2cccnc2)cc1C. The van der Waals surface area contributed by atoms with Crippen molar-refractivity contribution in [3.8, 4) is 0 Å². The van der Waals surface area contributed by atoms with Crippen molar-refractivity contribution in [1.29, 1.82) is 0 Å².